The zero-order valence-electron chi connectivity index (χ0n) is 16.5. The van der Waals surface area contributed by atoms with Gasteiger partial charge >= 0.3 is 0 Å². The number of benzene rings is 2. The molecule has 4 rings (SSSR count). The third kappa shape index (κ3) is 4.22. The molecule has 0 fully saturated rings. The number of aromatic nitrogens is 4. The number of hydrogen-bond acceptors (Lipinski definition) is 7. The van der Waals surface area contributed by atoms with Crippen LogP contribution in [0, 0.1) is 6.92 Å². The van der Waals surface area contributed by atoms with Crippen LogP contribution < -0.4 is 10.7 Å². The summed E-state index contributed by atoms with van der Waals surface area (Å²) in [6.07, 6.45) is 0. The van der Waals surface area contributed by atoms with E-state index in [0.29, 0.717) is 21.9 Å². The molecule has 1 amide bonds. The molecule has 152 valence electrons. The fourth-order valence-corrected chi connectivity index (χ4v) is 4.62. The number of thiazole rings is 1. The minimum atomic E-state index is -0.0841. The molecule has 0 saturated carbocycles. The van der Waals surface area contributed by atoms with E-state index < -0.39 is 0 Å². The van der Waals surface area contributed by atoms with Crippen molar-refractivity contribution in [3.8, 4) is 11.4 Å². The SMILES string of the molecule is CC(=O)N(c1ccccc1)c1nc(CSc2nnc(-c3ccc(C)cc3)n2N)cs1. The molecule has 7 nitrogen and oxygen atoms in total. The van der Waals surface area contributed by atoms with Crippen LogP contribution in [-0.2, 0) is 10.5 Å². The molecule has 30 heavy (non-hydrogen) atoms. The van der Waals surface area contributed by atoms with Gasteiger partial charge in [0.2, 0.25) is 11.1 Å². The number of anilines is 2. The molecule has 0 radical (unpaired) electrons. The molecule has 0 aliphatic rings. The molecular weight excluding hydrogens is 416 g/mol. The first-order chi connectivity index (χ1) is 14.5. The molecule has 0 saturated heterocycles. The normalized spacial score (nSPS) is 10.9. The van der Waals surface area contributed by atoms with E-state index in [1.54, 1.807) is 4.90 Å². The van der Waals surface area contributed by atoms with Gasteiger partial charge in [-0.05, 0) is 19.1 Å². The third-order valence-corrected chi connectivity index (χ3v) is 6.23. The summed E-state index contributed by atoms with van der Waals surface area (Å²) in [5.74, 6) is 7.31. The highest BCUT2D eigenvalue weighted by molar-refractivity contribution is 7.98. The van der Waals surface area contributed by atoms with Gasteiger partial charge in [0.15, 0.2) is 11.0 Å². The molecule has 0 spiro atoms. The Bertz CT molecular complexity index is 1150. The molecule has 0 bridgehead atoms. The average Bonchev–Trinajstić information content (AvgIpc) is 3.34. The Morgan fingerprint density at radius 3 is 2.57 bits per heavy atom. The van der Waals surface area contributed by atoms with Crippen LogP contribution in [0.4, 0.5) is 10.8 Å². The lowest BCUT2D eigenvalue weighted by Crippen LogP contribution is -2.22. The lowest BCUT2D eigenvalue weighted by molar-refractivity contribution is -0.115. The maximum atomic E-state index is 12.2. The highest BCUT2D eigenvalue weighted by atomic mass is 32.2. The maximum Gasteiger partial charge on any atom is 0.230 e. The Morgan fingerprint density at radius 1 is 1.13 bits per heavy atom. The maximum absolute atomic E-state index is 12.2. The molecule has 2 aromatic carbocycles. The number of nitrogen functional groups attached to an aromatic ring is 1. The van der Waals surface area contributed by atoms with E-state index in [4.69, 9.17) is 5.84 Å². The van der Waals surface area contributed by atoms with Gasteiger partial charge in [-0.3, -0.25) is 9.69 Å². The Hall–Kier alpha value is -3.17. The Kier molecular flexibility index (Phi) is 5.82. The molecule has 0 unspecified atom stereocenters. The largest absolute Gasteiger partial charge is 0.335 e. The number of aryl methyl sites for hydroxylation is 1. The van der Waals surface area contributed by atoms with Crippen LogP contribution >= 0.6 is 23.1 Å². The van der Waals surface area contributed by atoms with Crippen LogP contribution in [0.3, 0.4) is 0 Å². The summed E-state index contributed by atoms with van der Waals surface area (Å²) in [7, 11) is 0. The molecule has 2 heterocycles. The Morgan fingerprint density at radius 2 is 1.87 bits per heavy atom. The quantitative estimate of drug-likeness (QED) is 0.356. The summed E-state index contributed by atoms with van der Waals surface area (Å²) in [6, 6.07) is 17.5. The van der Waals surface area contributed by atoms with Crippen molar-refractivity contribution in [2.75, 3.05) is 10.7 Å². The average molecular weight is 437 g/mol. The fourth-order valence-electron chi connectivity index (χ4n) is 2.88. The van der Waals surface area contributed by atoms with Crippen molar-refractivity contribution in [3.05, 3.63) is 71.2 Å². The highest BCUT2D eigenvalue weighted by Gasteiger charge is 2.18. The second-order valence-electron chi connectivity index (χ2n) is 6.64. The molecule has 2 N–H and O–H groups in total. The number of hydrogen-bond donors (Lipinski definition) is 1. The minimum absolute atomic E-state index is 0.0841. The van der Waals surface area contributed by atoms with Crippen molar-refractivity contribution in [2.45, 2.75) is 24.8 Å². The molecule has 0 aliphatic heterocycles. The predicted molar refractivity (Wildman–Crippen MR) is 121 cm³/mol. The summed E-state index contributed by atoms with van der Waals surface area (Å²) in [5.41, 5.74) is 3.73. The van der Waals surface area contributed by atoms with E-state index in [9.17, 15) is 4.79 Å². The van der Waals surface area contributed by atoms with Crippen molar-refractivity contribution in [1.82, 2.24) is 19.9 Å². The second-order valence-corrected chi connectivity index (χ2v) is 8.42. The van der Waals surface area contributed by atoms with E-state index in [-0.39, 0.29) is 5.91 Å². The number of nitrogens with zero attached hydrogens (tertiary/aromatic N) is 5. The van der Waals surface area contributed by atoms with E-state index in [2.05, 4.69) is 15.2 Å². The van der Waals surface area contributed by atoms with Crippen LogP contribution in [0.2, 0.25) is 0 Å². The molecule has 9 heteroatoms. The minimum Gasteiger partial charge on any atom is -0.335 e. The van der Waals surface area contributed by atoms with Gasteiger partial charge in [-0.1, -0.05) is 59.8 Å². The topological polar surface area (TPSA) is 89.9 Å². The first kappa shape index (κ1) is 20.1. The van der Waals surface area contributed by atoms with Crippen LogP contribution in [0.5, 0.6) is 0 Å². The van der Waals surface area contributed by atoms with Crippen LogP contribution in [0.25, 0.3) is 11.4 Å². The Balaban J connectivity index is 1.49. The number of carbonyl (C=O) groups is 1. The Labute approximate surface area is 182 Å². The van der Waals surface area contributed by atoms with E-state index in [0.717, 1.165) is 16.9 Å². The second kappa shape index (κ2) is 8.68. The van der Waals surface area contributed by atoms with Crippen molar-refractivity contribution in [2.24, 2.45) is 0 Å². The van der Waals surface area contributed by atoms with Gasteiger partial charge in [-0.2, -0.15) is 0 Å². The monoisotopic (exact) mass is 436 g/mol. The highest BCUT2D eigenvalue weighted by Crippen LogP contribution is 2.31. The molecule has 0 atom stereocenters. The molecule has 4 aromatic rings. The fraction of sp³-hybridized carbons (Fsp3) is 0.143. The van der Waals surface area contributed by atoms with Crippen LogP contribution in [0.15, 0.2) is 65.1 Å². The molecule has 0 aliphatic carbocycles. The molecule has 2 aromatic heterocycles. The van der Waals surface area contributed by atoms with Crippen molar-refractivity contribution < 1.29 is 4.79 Å². The zero-order valence-corrected chi connectivity index (χ0v) is 18.2. The summed E-state index contributed by atoms with van der Waals surface area (Å²) in [5, 5.41) is 11.6. The zero-order chi connectivity index (χ0) is 21.1. The van der Waals surface area contributed by atoms with Crippen molar-refractivity contribution in [3.63, 3.8) is 0 Å². The smallest absolute Gasteiger partial charge is 0.230 e. The standard InChI is InChI=1S/C21H20N6OS2/c1-14-8-10-16(11-9-14)19-24-25-21(27(19)22)30-13-17-12-29-20(23-17)26(15(2)28)18-6-4-3-5-7-18/h3-12H,13,22H2,1-2H3. The summed E-state index contributed by atoms with van der Waals surface area (Å²) < 4.78 is 1.49. The van der Waals surface area contributed by atoms with E-state index >= 15 is 0 Å². The summed E-state index contributed by atoms with van der Waals surface area (Å²) in [6.45, 7) is 3.57. The summed E-state index contributed by atoms with van der Waals surface area (Å²) in [4.78, 5) is 18.4. The number of rotatable bonds is 6. The lowest BCUT2D eigenvalue weighted by atomic mass is 10.1. The number of carbonyl (C=O) groups excluding carboxylic acids is 1. The van der Waals surface area contributed by atoms with Gasteiger partial charge < -0.3 is 5.84 Å². The van der Waals surface area contributed by atoms with Crippen molar-refractivity contribution in [1.29, 1.82) is 0 Å². The van der Waals surface area contributed by atoms with Gasteiger partial charge in [-0.15, -0.1) is 21.5 Å². The number of amides is 1. The van der Waals surface area contributed by atoms with E-state index in [1.165, 1.54) is 40.3 Å². The third-order valence-electron chi connectivity index (χ3n) is 4.38. The summed E-state index contributed by atoms with van der Waals surface area (Å²) >= 11 is 2.88. The van der Waals surface area contributed by atoms with Gasteiger partial charge in [0.05, 0.1) is 11.4 Å². The lowest BCUT2D eigenvalue weighted by Gasteiger charge is -2.17. The number of thioether (sulfide) groups is 1. The molecular formula is C21H20N6OS2. The van der Waals surface area contributed by atoms with Gasteiger partial charge in [0.25, 0.3) is 0 Å². The number of nitrogens with two attached hydrogens (primary N) is 1. The van der Waals surface area contributed by atoms with Crippen LogP contribution in [-0.4, -0.2) is 25.8 Å². The van der Waals surface area contributed by atoms with Crippen molar-refractivity contribution >= 4 is 39.8 Å². The first-order valence-corrected chi connectivity index (χ1v) is 11.1. The van der Waals surface area contributed by atoms with E-state index in [1.807, 2.05) is 66.9 Å². The first-order valence-electron chi connectivity index (χ1n) is 9.23. The van der Waals surface area contributed by atoms with Crippen LogP contribution in [0.1, 0.15) is 18.2 Å². The van der Waals surface area contributed by atoms with Gasteiger partial charge in [0, 0.05) is 23.6 Å². The predicted octanol–water partition coefficient (Wildman–Crippen LogP) is 4.40. The number of para-hydroxylation sites is 1. The van der Waals surface area contributed by atoms with Gasteiger partial charge in [0.1, 0.15) is 0 Å². The van der Waals surface area contributed by atoms with Gasteiger partial charge in [-0.25, -0.2) is 9.66 Å².